The molecule has 1 saturated heterocycles. The van der Waals surface area contributed by atoms with Gasteiger partial charge in [-0.2, -0.15) is 0 Å². The monoisotopic (exact) mass is 475 g/mol. The number of nitrogens with zero attached hydrogens (tertiary/aromatic N) is 1. The first kappa shape index (κ1) is 23.5. The van der Waals surface area contributed by atoms with E-state index in [2.05, 4.69) is 37.3 Å². The van der Waals surface area contributed by atoms with Gasteiger partial charge in [0.1, 0.15) is 11.5 Å². The van der Waals surface area contributed by atoms with Crippen LogP contribution in [0.25, 0.3) is 0 Å². The molecule has 0 aromatic carbocycles. The molecule has 2 aliphatic carbocycles. The maximum absolute atomic E-state index is 12.8. The number of amides is 1. The summed E-state index contributed by atoms with van der Waals surface area (Å²) < 4.78 is 10.3. The van der Waals surface area contributed by atoms with E-state index in [0.29, 0.717) is 30.0 Å². The van der Waals surface area contributed by atoms with Crippen LogP contribution in [-0.4, -0.2) is 72.3 Å². The third kappa shape index (κ3) is 6.28. The Labute approximate surface area is 201 Å². The molecule has 8 nitrogen and oxygen atoms in total. The van der Waals surface area contributed by atoms with E-state index in [9.17, 15) is 4.79 Å². The lowest BCUT2D eigenvalue weighted by Crippen LogP contribution is -2.67. The number of carbonyl (C=O) groups is 1. The molecule has 9 heteroatoms. The number of rotatable bonds is 7. The maximum atomic E-state index is 12.8. The first-order chi connectivity index (χ1) is 16.1. The van der Waals surface area contributed by atoms with Crippen molar-refractivity contribution in [1.82, 2.24) is 31.3 Å². The Morgan fingerprint density at radius 1 is 1.18 bits per heavy atom. The van der Waals surface area contributed by atoms with E-state index >= 15 is 0 Å². The summed E-state index contributed by atoms with van der Waals surface area (Å²) in [5.74, 6) is 0.250. The minimum absolute atomic E-state index is 0.00923. The number of nitrogens with one attached hydrogen (secondary N) is 5. The van der Waals surface area contributed by atoms with Crippen molar-refractivity contribution in [2.45, 2.75) is 100 Å². The van der Waals surface area contributed by atoms with Crippen LogP contribution in [0.3, 0.4) is 0 Å². The zero-order valence-corrected chi connectivity index (χ0v) is 20.4. The molecule has 33 heavy (non-hydrogen) atoms. The molecular formula is C24H39N6O2S+. The molecule has 8 unspecified atom stereocenters. The molecule has 3 heterocycles. The van der Waals surface area contributed by atoms with Crippen LogP contribution in [0, 0.1) is 5.92 Å². The molecule has 5 N–H and O–H groups in total. The Hall–Kier alpha value is -1.19. The second kappa shape index (κ2) is 11.0. The van der Waals surface area contributed by atoms with E-state index < -0.39 is 0 Å². The minimum Gasteiger partial charge on any atom is -0.365 e. The average molecular weight is 476 g/mol. The Bertz CT molecular complexity index is 800. The molecule has 0 aromatic rings. The highest BCUT2D eigenvalue weighted by Crippen LogP contribution is 2.27. The summed E-state index contributed by atoms with van der Waals surface area (Å²) in [4.78, 5) is 12.8. The Kier molecular flexibility index (Phi) is 7.87. The van der Waals surface area contributed by atoms with Crippen molar-refractivity contribution in [3.63, 3.8) is 0 Å². The van der Waals surface area contributed by atoms with Crippen molar-refractivity contribution in [2.24, 2.45) is 5.92 Å². The van der Waals surface area contributed by atoms with Crippen LogP contribution in [-0.2, 0) is 9.53 Å². The summed E-state index contributed by atoms with van der Waals surface area (Å²) in [6.07, 6.45) is 13.3. The van der Waals surface area contributed by atoms with Gasteiger partial charge in [-0.15, -0.1) is 0 Å². The van der Waals surface area contributed by atoms with Gasteiger partial charge < -0.3 is 10.1 Å². The molecular weight excluding hydrogens is 436 g/mol. The second-order valence-corrected chi connectivity index (χ2v) is 11.2. The number of carbonyl (C=O) groups excluding carboxylic acids is 1. The van der Waals surface area contributed by atoms with Crippen molar-refractivity contribution >= 4 is 28.9 Å². The van der Waals surface area contributed by atoms with Crippen LogP contribution in [0.4, 0.5) is 0 Å². The van der Waals surface area contributed by atoms with Crippen molar-refractivity contribution in [3.8, 4) is 0 Å². The van der Waals surface area contributed by atoms with Crippen LogP contribution >= 0.6 is 11.8 Å². The quantitative estimate of drug-likeness (QED) is 0.271. The fourth-order valence-electron chi connectivity index (χ4n) is 5.76. The molecule has 3 aliphatic heterocycles. The highest BCUT2D eigenvalue weighted by atomic mass is 32.2. The highest BCUT2D eigenvalue weighted by Gasteiger charge is 2.38. The van der Waals surface area contributed by atoms with Gasteiger partial charge in [0.25, 0.3) is 5.71 Å². The molecule has 1 amide bonds. The predicted molar refractivity (Wildman–Crippen MR) is 134 cm³/mol. The van der Waals surface area contributed by atoms with E-state index in [0.717, 1.165) is 45.1 Å². The smallest absolute Gasteiger partial charge is 0.327 e. The summed E-state index contributed by atoms with van der Waals surface area (Å²) in [7, 11) is 0. The third-order valence-corrected chi connectivity index (χ3v) is 8.58. The first-order valence-corrected chi connectivity index (χ1v) is 13.7. The van der Waals surface area contributed by atoms with Crippen molar-refractivity contribution in [3.05, 3.63) is 12.2 Å². The number of ether oxygens (including phenoxy) is 1. The lowest BCUT2D eigenvalue weighted by atomic mass is 9.85. The molecule has 0 radical (unpaired) electrons. The second-order valence-electron chi connectivity index (χ2n) is 10.1. The maximum Gasteiger partial charge on any atom is 0.327 e. The summed E-state index contributed by atoms with van der Waals surface area (Å²) in [6, 6.07) is 0.897. The van der Waals surface area contributed by atoms with Crippen molar-refractivity contribution < 1.29 is 9.53 Å². The fourth-order valence-corrected chi connectivity index (χ4v) is 6.78. The molecule has 3 fully saturated rings. The molecule has 8 atom stereocenters. The van der Waals surface area contributed by atoms with Crippen LogP contribution in [0.15, 0.2) is 12.2 Å². The van der Waals surface area contributed by atoms with Crippen LogP contribution < -0.4 is 31.3 Å². The largest absolute Gasteiger partial charge is 0.365 e. The highest BCUT2D eigenvalue weighted by molar-refractivity contribution is 8.13. The van der Waals surface area contributed by atoms with Crippen molar-refractivity contribution in [1.29, 1.82) is 0 Å². The fraction of sp³-hybridized carbons (Fsp3) is 0.792. The van der Waals surface area contributed by atoms with Gasteiger partial charge in [-0.1, -0.05) is 23.2 Å². The van der Waals surface area contributed by atoms with Crippen LogP contribution in [0.2, 0.25) is 0 Å². The van der Waals surface area contributed by atoms with E-state index in [1.54, 1.807) is 0 Å². The van der Waals surface area contributed by atoms with Crippen LogP contribution in [0.5, 0.6) is 0 Å². The molecule has 0 bridgehead atoms. The van der Waals surface area contributed by atoms with Gasteiger partial charge in [-0.3, -0.25) is 26.1 Å². The van der Waals surface area contributed by atoms with Gasteiger partial charge in [-0.25, -0.2) is 0 Å². The lowest BCUT2D eigenvalue weighted by molar-refractivity contribution is -0.126. The topological polar surface area (TPSA) is 101 Å². The number of fused-ring (bicyclic) bond motifs is 1. The Morgan fingerprint density at radius 3 is 2.97 bits per heavy atom. The zero-order chi connectivity index (χ0) is 22.6. The van der Waals surface area contributed by atoms with E-state index in [-0.39, 0.29) is 30.3 Å². The standard InChI is InChI=1S/C24H38N6O2S/c1-15-5-7-19(32-15)13-26-23(31)16-3-2-4-17(11-16)29-24-25-10-9-22(30-24)28-18-6-8-20-21(12-18)33-14-27-20/h5,7,14-19,21-22,24-25,28-30H,2-4,6,8-13H2,1H3/p+1. The van der Waals surface area contributed by atoms with Gasteiger partial charge in [-0.05, 0) is 57.2 Å². The first-order valence-electron chi connectivity index (χ1n) is 12.8. The van der Waals surface area contributed by atoms with E-state index in [1.165, 1.54) is 18.6 Å². The van der Waals surface area contributed by atoms with Gasteiger partial charge in [0.2, 0.25) is 5.91 Å². The number of hydrogen-bond acceptors (Lipinski definition) is 7. The van der Waals surface area contributed by atoms with Gasteiger partial charge >= 0.3 is 5.55 Å². The van der Waals surface area contributed by atoms with Gasteiger partial charge in [0, 0.05) is 37.5 Å². The summed E-state index contributed by atoms with van der Waals surface area (Å²) >= 11 is 1.87. The number of hydrogen-bond donors (Lipinski definition) is 5. The average Bonchev–Trinajstić information content (AvgIpc) is 3.46. The molecule has 0 spiro atoms. The molecule has 5 rings (SSSR count). The van der Waals surface area contributed by atoms with Crippen LogP contribution in [0.1, 0.15) is 58.3 Å². The molecule has 0 aromatic heterocycles. The SMILES string of the molecule is CC1C=CC(CNC(=O)C2CCCC(NC3NCCC(NC4CCC5=[N+]=CSC5C4)N3)C2)O1. The summed E-state index contributed by atoms with van der Waals surface area (Å²) in [5.41, 5.74) is 3.40. The number of thioether (sulfide) groups is 1. The van der Waals surface area contributed by atoms with E-state index in [4.69, 9.17) is 4.74 Å². The minimum atomic E-state index is 0.00923. The van der Waals surface area contributed by atoms with Gasteiger partial charge in [0.05, 0.1) is 18.4 Å². The normalized spacial score (nSPS) is 40.5. The summed E-state index contributed by atoms with van der Waals surface area (Å²) in [6.45, 7) is 3.58. The third-order valence-electron chi connectivity index (χ3n) is 7.56. The van der Waals surface area contributed by atoms with Crippen molar-refractivity contribution in [2.75, 3.05) is 13.1 Å². The zero-order valence-electron chi connectivity index (χ0n) is 19.6. The predicted octanol–water partition coefficient (Wildman–Crippen LogP) is 0.581. The molecule has 2 saturated carbocycles. The summed E-state index contributed by atoms with van der Waals surface area (Å²) in [5, 5.41) is 18.6. The Morgan fingerprint density at radius 2 is 2.09 bits per heavy atom. The van der Waals surface area contributed by atoms with E-state index in [1.807, 2.05) is 30.3 Å². The lowest BCUT2D eigenvalue weighted by Gasteiger charge is -2.39. The Balaban J connectivity index is 1.04. The van der Waals surface area contributed by atoms with Gasteiger partial charge in [0.15, 0.2) is 0 Å². The molecule has 5 aliphatic rings. The molecule has 182 valence electrons.